The van der Waals surface area contributed by atoms with Gasteiger partial charge in [0.15, 0.2) is 6.61 Å². The summed E-state index contributed by atoms with van der Waals surface area (Å²) < 4.78 is 36.6. The van der Waals surface area contributed by atoms with E-state index in [-0.39, 0.29) is 39.1 Å². The normalized spacial score (nSPS) is 11.1. The summed E-state index contributed by atoms with van der Waals surface area (Å²) in [5.41, 5.74) is -0.0352. The van der Waals surface area contributed by atoms with Gasteiger partial charge in [0.25, 0.3) is 21.4 Å². The molecule has 0 saturated heterocycles. The summed E-state index contributed by atoms with van der Waals surface area (Å²) in [6.45, 7) is 2.05. The molecule has 3 aromatic rings. The molecule has 33 heavy (non-hydrogen) atoms. The monoisotopic (exact) mass is 474 g/mol. The van der Waals surface area contributed by atoms with Crippen LogP contribution in [0.3, 0.4) is 0 Å². The quantitative estimate of drug-likeness (QED) is 0.256. The Morgan fingerprint density at radius 3 is 2.48 bits per heavy atom. The number of unbranched alkanes of at least 4 members (excludes halogenated alkanes) is 1. The van der Waals surface area contributed by atoms with Gasteiger partial charge in [0.05, 0.1) is 4.90 Å². The lowest BCUT2D eigenvalue weighted by Gasteiger charge is -2.09. The highest BCUT2D eigenvalue weighted by molar-refractivity contribution is 7.90. The summed E-state index contributed by atoms with van der Waals surface area (Å²) in [7, 11) is -4.06. The first-order valence-corrected chi connectivity index (χ1v) is 11.5. The summed E-state index contributed by atoms with van der Waals surface area (Å²) in [6, 6.07) is 12.6. The van der Waals surface area contributed by atoms with Crippen LogP contribution in [0, 0.1) is 5.21 Å². The highest BCUT2D eigenvalue weighted by Crippen LogP contribution is 2.18. The van der Waals surface area contributed by atoms with Crippen molar-refractivity contribution >= 4 is 21.8 Å². The number of carbonyl (C=O) groups is 2. The number of sulfonamides is 1. The minimum absolute atomic E-state index is 0.0130. The second-order valence-corrected chi connectivity index (χ2v) is 8.58. The van der Waals surface area contributed by atoms with Crippen LogP contribution in [0.5, 0.6) is 5.75 Å². The maximum Gasteiger partial charge on any atom is 0.328 e. The van der Waals surface area contributed by atoms with Crippen molar-refractivity contribution in [2.75, 3.05) is 6.54 Å². The Morgan fingerprint density at radius 1 is 1.12 bits per heavy atom. The fraction of sp³-hybridized carbons (Fsp3) is 0.238. The zero-order chi connectivity index (χ0) is 23.8. The second-order valence-electron chi connectivity index (χ2n) is 6.90. The molecule has 0 aliphatic rings. The van der Waals surface area contributed by atoms with Crippen LogP contribution < -0.4 is 19.7 Å². The third kappa shape index (κ3) is 6.07. The lowest BCUT2D eigenvalue weighted by Crippen LogP contribution is -2.39. The lowest BCUT2D eigenvalue weighted by molar-refractivity contribution is -0.803. The minimum Gasteiger partial charge on any atom is -0.485 e. The van der Waals surface area contributed by atoms with Crippen LogP contribution in [0.1, 0.15) is 41.5 Å². The van der Waals surface area contributed by atoms with Crippen LogP contribution in [0.15, 0.2) is 64.1 Å². The zero-order valence-electron chi connectivity index (χ0n) is 17.7. The average molecular weight is 474 g/mol. The molecule has 0 radical (unpaired) electrons. The average Bonchev–Trinajstić information content (AvgIpc) is 3.18. The van der Waals surface area contributed by atoms with E-state index in [9.17, 15) is 23.2 Å². The third-order valence-corrected chi connectivity index (χ3v) is 5.83. The maximum absolute atomic E-state index is 12.6. The van der Waals surface area contributed by atoms with Gasteiger partial charge in [-0.1, -0.05) is 43.7 Å². The van der Waals surface area contributed by atoms with Crippen molar-refractivity contribution in [1.29, 1.82) is 0 Å². The van der Waals surface area contributed by atoms with E-state index in [4.69, 9.17) is 4.74 Å². The summed E-state index contributed by atoms with van der Waals surface area (Å²) >= 11 is 0. The molecule has 2 amide bonds. The number of ketones is 1. The number of ether oxygens (including phenoxy) is 1. The van der Waals surface area contributed by atoms with Gasteiger partial charge in [0.1, 0.15) is 5.75 Å². The van der Waals surface area contributed by atoms with Crippen LogP contribution in [0.4, 0.5) is 4.79 Å². The fourth-order valence-corrected chi connectivity index (χ4v) is 3.70. The van der Waals surface area contributed by atoms with Gasteiger partial charge in [0, 0.05) is 17.3 Å². The van der Waals surface area contributed by atoms with Crippen LogP contribution >= 0.6 is 0 Å². The summed E-state index contributed by atoms with van der Waals surface area (Å²) in [5, 5.41) is 17.9. The van der Waals surface area contributed by atoms with E-state index >= 15 is 0 Å². The lowest BCUT2D eigenvalue weighted by atomic mass is 10.1. The first-order chi connectivity index (χ1) is 15.8. The Bertz CT molecular complexity index is 1210. The fourth-order valence-electron chi connectivity index (χ4n) is 2.77. The highest BCUT2D eigenvalue weighted by Gasteiger charge is 2.28. The number of nitrogens with zero attached hydrogens (tertiary/aromatic N) is 2. The molecule has 0 fully saturated rings. The Balaban J connectivity index is 1.65. The van der Waals surface area contributed by atoms with E-state index in [1.807, 2.05) is 11.6 Å². The number of urea groups is 1. The molecular formula is C21H22N4O7S. The van der Waals surface area contributed by atoms with E-state index in [0.29, 0.717) is 6.54 Å². The van der Waals surface area contributed by atoms with Gasteiger partial charge in [-0.3, -0.25) is 9.42 Å². The number of nitrogens with one attached hydrogen (secondary N) is 2. The zero-order valence-corrected chi connectivity index (χ0v) is 18.5. The van der Waals surface area contributed by atoms with Crippen molar-refractivity contribution in [2.45, 2.75) is 31.3 Å². The summed E-state index contributed by atoms with van der Waals surface area (Å²) in [5.74, 6) is -0.324. The Labute approximate surface area is 189 Å². The van der Waals surface area contributed by atoms with Gasteiger partial charge in [-0.2, -0.15) is 0 Å². The molecule has 0 bridgehead atoms. The molecule has 0 unspecified atom stereocenters. The topological polar surface area (TPSA) is 155 Å². The van der Waals surface area contributed by atoms with Gasteiger partial charge in [-0.25, -0.2) is 17.9 Å². The molecule has 12 heteroatoms. The number of benzene rings is 2. The molecule has 3 rings (SSSR count). The smallest absolute Gasteiger partial charge is 0.328 e. The van der Waals surface area contributed by atoms with E-state index in [1.165, 1.54) is 24.3 Å². The first kappa shape index (κ1) is 23.7. The highest BCUT2D eigenvalue weighted by atomic mass is 32.2. The number of hydrogen-bond donors (Lipinski definition) is 2. The van der Waals surface area contributed by atoms with E-state index in [1.54, 1.807) is 30.3 Å². The van der Waals surface area contributed by atoms with Gasteiger partial charge in [-0.15, -0.1) is 0 Å². The minimum atomic E-state index is -4.06. The van der Waals surface area contributed by atoms with E-state index in [0.717, 1.165) is 12.8 Å². The maximum atomic E-state index is 12.6. The summed E-state index contributed by atoms with van der Waals surface area (Å²) in [6.07, 6.45) is 1.59. The van der Waals surface area contributed by atoms with E-state index < -0.39 is 21.8 Å². The third-order valence-electron chi connectivity index (χ3n) is 4.48. The molecule has 0 aliphatic heterocycles. The molecule has 2 N–H and O–H groups in total. The summed E-state index contributed by atoms with van der Waals surface area (Å²) in [4.78, 5) is 24.2. The number of carbonyl (C=O) groups excluding carboxylic acids is 2. The molecule has 0 atom stereocenters. The Morgan fingerprint density at radius 2 is 1.82 bits per heavy atom. The molecule has 2 aromatic carbocycles. The van der Waals surface area contributed by atoms with E-state index in [2.05, 4.69) is 15.1 Å². The van der Waals surface area contributed by atoms with Crippen molar-refractivity contribution in [3.63, 3.8) is 0 Å². The molecular weight excluding hydrogens is 452 g/mol. The molecule has 1 aromatic heterocycles. The molecule has 0 saturated carbocycles. The number of amides is 2. The SMILES string of the molecule is CCCCNC(=O)NS(=O)(=O)c1ccc(OCc2no[n+]([O-])c2C(=O)c2ccccc2)cc1. The van der Waals surface area contributed by atoms with Crippen LogP contribution in [0.2, 0.25) is 0 Å². The van der Waals surface area contributed by atoms with Crippen molar-refractivity contribution in [1.82, 2.24) is 15.2 Å². The Kier molecular flexibility index (Phi) is 7.61. The predicted molar refractivity (Wildman–Crippen MR) is 115 cm³/mol. The Hall–Kier alpha value is -3.93. The van der Waals surface area contributed by atoms with Crippen molar-refractivity contribution in [3.05, 3.63) is 76.8 Å². The predicted octanol–water partition coefficient (Wildman–Crippen LogP) is 1.91. The van der Waals surface area contributed by atoms with Gasteiger partial charge in [0.2, 0.25) is 5.78 Å². The van der Waals surface area contributed by atoms with Gasteiger partial charge >= 0.3 is 6.03 Å². The number of hydrogen-bond acceptors (Lipinski definition) is 8. The number of aromatic nitrogens is 2. The van der Waals surface area contributed by atoms with Gasteiger partial charge < -0.3 is 15.3 Å². The largest absolute Gasteiger partial charge is 0.485 e. The second kappa shape index (κ2) is 10.6. The molecule has 0 aliphatic carbocycles. The molecule has 1 heterocycles. The van der Waals surface area contributed by atoms with Crippen molar-refractivity contribution in [2.24, 2.45) is 0 Å². The molecule has 174 valence electrons. The van der Waals surface area contributed by atoms with Crippen LogP contribution in [-0.4, -0.2) is 31.9 Å². The molecule has 11 nitrogen and oxygen atoms in total. The van der Waals surface area contributed by atoms with Crippen LogP contribution in [0.25, 0.3) is 0 Å². The van der Waals surface area contributed by atoms with Crippen molar-refractivity contribution < 1.29 is 32.3 Å². The molecule has 0 spiro atoms. The number of rotatable bonds is 10. The van der Waals surface area contributed by atoms with Crippen molar-refractivity contribution in [3.8, 4) is 5.75 Å². The van der Waals surface area contributed by atoms with Crippen LogP contribution in [-0.2, 0) is 16.6 Å². The standard InChI is InChI=1S/C21H22N4O7S/c1-2-3-13-22-21(27)24-33(29,30)17-11-9-16(10-12-17)31-14-18-19(25(28)32-23-18)20(26)15-7-5-4-6-8-15/h4-12H,2-3,13-14H2,1H3,(H2,22,24,27). The first-order valence-electron chi connectivity index (χ1n) is 10.0. The van der Waals surface area contributed by atoms with Gasteiger partial charge in [-0.05, 0) is 35.6 Å².